The monoisotopic (exact) mass is 242 g/mol. The largest absolute Gasteiger partial charge is 0.478 e. The molecule has 0 bridgehead atoms. The van der Waals surface area contributed by atoms with Gasteiger partial charge in [-0.3, -0.25) is 0 Å². The molecule has 4 nitrogen and oxygen atoms in total. The summed E-state index contributed by atoms with van der Waals surface area (Å²) in [4.78, 5) is 17.2. The van der Waals surface area contributed by atoms with Crippen molar-refractivity contribution in [1.29, 1.82) is 0 Å². The van der Waals surface area contributed by atoms with E-state index in [1.807, 2.05) is 38.4 Å². The third-order valence-electron chi connectivity index (χ3n) is 2.52. The minimum Gasteiger partial charge on any atom is -0.478 e. The summed E-state index contributed by atoms with van der Waals surface area (Å²) in [6.07, 6.45) is 1.59. The fourth-order valence-corrected chi connectivity index (χ4v) is 1.68. The van der Waals surface area contributed by atoms with Crippen molar-refractivity contribution < 1.29 is 9.90 Å². The van der Waals surface area contributed by atoms with E-state index in [1.165, 1.54) is 0 Å². The summed E-state index contributed by atoms with van der Waals surface area (Å²) < 4.78 is 0. The van der Waals surface area contributed by atoms with E-state index in [0.29, 0.717) is 5.69 Å². The number of hydrogen-bond donors (Lipinski definition) is 1. The number of carboxylic acid groups (broad SMARTS) is 1. The molecule has 2 aromatic rings. The molecule has 0 aliphatic rings. The van der Waals surface area contributed by atoms with Crippen molar-refractivity contribution in [2.24, 2.45) is 4.99 Å². The molecule has 18 heavy (non-hydrogen) atoms. The van der Waals surface area contributed by atoms with Gasteiger partial charge in [0.15, 0.2) is 0 Å². The van der Waals surface area contributed by atoms with E-state index in [4.69, 9.17) is 0 Å². The molecule has 0 spiro atoms. The minimum atomic E-state index is -0.966. The van der Waals surface area contributed by atoms with Gasteiger partial charge in [0.1, 0.15) is 0 Å². The van der Waals surface area contributed by atoms with Gasteiger partial charge in [-0.2, -0.15) is 0 Å². The number of carbonyl (C=O) groups is 1. The first-order chi connectivity index (χ1) is 8.58. The van der Waals surface area contributed by atoms with Crippen LogP contribution in [0.3, 0.4) is 0 Å². The van der Waals surface area contributed by atoms with E-state index in [2.05, 4.69) is 4.99 Å². The smallest absolute Gasteiger partial charge is 0.337 e. The van der Waals surface area contributed by atoms with Crippen LogP contribution in [0.4, 0.5) is 5.69 Å². The number of rotatable bonds is 3. The molecule has 0 saturated heterocycles. The van der Waals surface area contributed by atoms with E-state index in [-0.39, 0.29) is 5.56 Å². The molecule has 0 aliphatic heterocycles. The second-order valence-electron chi connectivity index (χ2n) is 4.23. The maximum absolute atomic E-state index is 11.2. The molecule has 0 saturated carbocycles. The van der Waals surface area contributed by atoms with Crippen LogP contribution in [-0.2, 0) is 0 Å². The van der Waals surface area contributed by atoms with Gasteiger partial charge >= 0.3 is 5.97 Å². The Kier molecular flexibility index (Phi) is 3.28. The van der Waals surface area contributed by atoms with E-state index < -0.39 is 5.97 Å². The fourth-order valence-electron chi connectivity index (χ4n) is 1.68. The van der Waals surface area contributed by atoms with Crippen LogP contribution in [0.5, 0.6) is 0 Å². The predicted molar refractivity (Wildman–Crippen MR) is 72.7 cm³/mol. The molecule has 0 amide bonds. The van der Waals surface area contributed by atoms with Crippen molar-refractivity contribution in [3.8, 4) is 0 Å². The van der Waals surface area contributed by atoms with Gasteiger partial charge in [0.25, 0.3) is 0 Å². The number of carboxylic acids is 1. The van der Waals surface area contributed by atoms with Crippen LogP contribution in [0.1, 0.15) is 10.4 Å². The van der Waals surface area contributed by atoms with Crippen LogP contribution in [0, 0.1) is 0 Å². The topological polar surface area (TPSA) is 52.9 Å². The Morgan fingerprint density at radius 3 is 2.39 bits per heavy atom. The van der Waals surface area contributed by atoms with Gasteiger partial charge in [0.2, 0.25) is 0 Å². The molecule has 0 unspecified atom stereocenters. The Hall–Kier alpha value is -2.36. The average molecular weight is 242 g/mol. The molecule has 2 rings (SSSR count). The molecule has 0 radical (unpaired) electrons. The summed E-state index contributed by atoms with van der Waals surface area (Å²) in [7, 11) is 3.68. The van der Waals surface area contributed by atoms with Crippen molar-refractivity contribution in [1.82, 2.24) is 4.90 Å². The molecule has 0 heterocycles. The Bertz CT molecular complexity index is 618. The van der Waals surface area contributed by atoms with E-state index in [1.54, 1.807) is 23.4 Å². The first kappa shape index (κ1) is 12.1. The molecule has 0 atom stereocenters. The highest BCUT2D eigenvalue weighted by Crippen LogP contribution is 2.26. The summed E-state index contributed by atoms with van der Waals surface area (Å²) in [6.45, 7) is 0. The van der Waals surface area contributed by atoms with Crippen molar-refractivity contribution in [3.63, 3.8) is 0 Å². The number of hydrogen-bond acceptors (Lipinski definition) is 2. The van der Waals surface area contributed by atoms with Crippen LogP contribution >= 0.6 is 0 Å². The van der Waals surface area contributed by atoms with Gasteiger partial charge in [-0.15, -0.1) is 0 Å². The van der Waals surface area contributed by atoms with Gasteiger partial charge in [-0.25, -0.2) is 9.79 Å². The standard InChI is InChI=1S/C14H14N2O2/c1-16(2)9-15-13-8-11-6-4-3-5-10(11)7-12(13)14(17)18/h3-9H,1-2H3,(H,17,18). The number of aliphatic imine (C=N–C) groups is 1. The van der Waals surface area contributed by atoms with E-state index in [0.717, 1.165) is 10.8 Å². The summed E-state index contributed by atoms with van der Waals surface area (Å²) >= 11 is 0. The minimum absolute atomic E-state index is 0.215. The molecule has 1 N–H and O–H groups in total. The fraction of sp³-hybridized carbons (Fsp3) is 0.143. The molecular weight excluding hydrogens is 228 g/mol. The highest BCUT2D eigenvalue weighted by atomic mass is 16.4. The summed E-state index contributed by atoms with van der Waals surface area (Å²) in [5.41, 5.74) is 0.682. The first-order valence-electron chi connectivity index (χ1n) is 5.54. The Morgan fingerprint density at radius 2 is 1.83 bits per heavy atom. The zero-order valence-corrected chi connectivity index (χ0v) is 10.3. The van der Waals surface area contributed by atoms with Gasteiger partial charge < -0.3 is 10.0 Å². The van der Waals surface area contributed by atoms with Gasteiger partial charge in [0.05, 0.1) is 17.6 Å². The lowest BCUT2D eigenvalue weighted by Gasteiger charge is -2.06. The van der Waals surface area contributed by atoms with Gasteiger partial charge in [0, 0.05) is 14.1 Å². The van der Waals surface area contributed by atoms with Crippen LogP contribution < -0.4 is 0 Å². The molecule has 0 aromatic heterocycles. The van der Waals surface area contributed by atoms with Crippen molar-refractivity contribution >= 4 is 28.8 Å². The maximum Gasteiger partial charge on any atom is 0.337 e. The van der Waals surface area contributed by atoms with Gasteiger partial charge in [-0.05, 0) is 22.9 Å². The lowest BCUT2D eigenvalue weighted by atomic mass is 10.1. The van der Waals surface area contributed by atoms with E-state index >= 15 is 0 Å². The summed E-state index contributed by atoms with van der Waals surface area (Å²) in [6, 6.07) is 11.1. The molecule has 4 heteroatoms. The second-order valence-corrected chi connectivity index (χ2v) is 4.23. The number of fused-ring (bicyclic) bond motifs is 1. The average Bonchev–Trinajstić information content (AvgIpc) is 2.35. The quantitative estimate of drug-likeness (QED) is 0.665. The Balaban J connectivity index is 2.61. The highest BCUT2D eigenvalue weighted by Gasteiger charge is 2.10. The summed E-state index contributed by atoms with van der Waals surface area (Å²) in [5, 5.41) is 11.1. The van der Waals surface area contributed by atoms with Gasteiger partial charge in [-0.1, -0.05) is 24.3 Å². The third-order valence-corrected chi connectivity index (χ3v) is 2.52. The molecule has 0 aliphatic carbocycles. The second kappa shape index (κ2) is 4.87. The van der Waals surface area contributed by atoms with Crippen LogP contribution in [0.2, 0.25) is 0 Å². The predicted octanol–water partition coefficient (Wildman–Crippen LogP) is 2.76. The molecule has 2 aromatic carbocycles. The summed E-state index contributed by atoms with van der Waals surface area (Å²) in [5.74, 6) is -0.966. The van der Waals surface area contributed by atoms with Crippen LogP contribution in [0.15, 0.2) is 41.4 Å². The van der Waals surface area contributed by atoms with Crippen LogP contribution in [0.25, 0.3) is 10.8 Å². The third kappa shape index (κ3) is 2.48. The SMILES string of the molecule is CN(C)C=Nc1cc2ccccc2cc1C(=O)O. The zero-order chi connectivity index (χ0) is 13.1. The van der Waals surface area contributed by atoms with Crippen molar-refractivity contribution in [2.45, 2.75) is 0 Å². The highest BCUT2D eigenvalue weighted by molar-refractivity contribution is 6.00. The lowest BCUT2D eigenvalue weighted by Crippen LogP contribution is -2.07. The first-order valence-corrected chi connectivity index (χ1v) is 5.54. The Labute approximate surface area is 105 Å². The number of aromatic carboxylic acids is 1. The molecular formula is C14H14N2O2. The van der Waals surface area contributed by atoms with Crippen LogP contribution in [-0.4, -0.2) is 36.4 Å². The lowest BCUT2D eigenvalue weighted by molar-refractivity contribution is 0.0698. The van der Waals surface area contributed by atoms with E-state index in [9.17, 15) is 9.90 Å². The normalized spacial score (nSPS) is 11.0. The Morgan fingerprint density at radius 1 is 1.22 bits per heavy atom. The molecule has 0 fully saturated rings. The number of nitrogens with zero attached hydrogens (tertiary/aromatic N) is 2. The van der Waals surface area contributed by atoms with Crippen molar-refractivity contribution in [2.75, 3.05) is 14.1 Å². The number of benzene rings is 2. The maximum atomic E-state index is 11.2. The zero-order valence-electron chi connectivity index (χ0n) is 10.3. The molecule has 92 valence electrons. The van der Waals surface area contributed by atoms with Crippen molar-refractivity contribution in [3.05, 3.63) is 42.0 Å².